The third-order valence-electron chi connectivity index (χ3n) is 6.72. The number of ketones is 1. The fourth-order valence-electron chi connectivity index (χ4n) is 5.54. The first-order valence-corrected chi connectivity index (χ1v) is 8.41. The number of fused-ring (bicyclic) bond motifs is 1. The molecule has 2 aliphatic heterocycles. The Bertz CT molecular complexity index is 517. The van der Waals surface area contributed by atoms with Crippen molar-refractivity contribution in [1.82, 2.24) is 0 Å². The van der Waals surface area contributed by atoms with Crippen LogP contribution in [0.15, 0.2) is 0 Å². The molecule has 0 radical (unpaired) electrons. The van der Waals surface area contributed by atoms with E-state index in [2.05, 4.69) is 13.8 Å². The summed E-state index contributed by atoms with van der Waals surface area (Å²) in [6.07, 6.45) is 1.55. The molecule has 5 heteroatoms. The summed E-state index contributed by atoms with van der Waals surface area (Å²) >= 11 is 0. The summed E-state index contributed by atoms with van der Waals surface area (Å²) in [4.78, 5) is 12.7. The van der Waals surface area contributed by atoms with Gasteiger partial charge in [0.05, 0.1) is 23.7 Å². The Morgan fingerprint density at radius 2 is 1.77 bits per heavy atom. The van der Waals surface area contributed by atoms with Crippen LogP contribution in [0, 0.1) is 17.3 Å². The second kappa shape index (κ2) is 4.32. The van der Waals surface area contributed by atoms with Gasteiger partial charge in [0.2, 0.25) is 0 Å². The normalized spacial score (nSPS) is 56.4. The van der Waals surface area contributed by atoms with Crippen molar-refractivity contribution < 1.29 is 24.1 Å². The molecule has 7 atom stereocenters. The largest absolute Gasteiger partial charge is 0.368 e. The third kappa shape index (κ3) is 1.77. The van der Waals surface area contributed by atoms with E-state index in [4.69, 9.17) is 14.2 Å². The van der Waals surface area contributed by atoms with Crippen molar-refractivity contribution in [1.29, 1.82) is 0 Å². The number of hydrogen-bond donors (Lipinski definition) is 1. The van der Waals surface area contributed by atoms with Gasteiger partial charge in [-0.25, -0.2) is 0 Å². The molecule has 2 saturated carbocycles. The molecule has 1 N–H and O–H groups in total. The maximum atomic E-state index is 12.7. The first-order valence-electron chi connectivity index (χ1n) is 8.41. The molecular formula is C17H26O5. The quantitative estimate of drug-likeness (QED) is 0.741. The summed E-state index contributed by atoms with van der Waals surface area (Å²) < 4.78 is 18.1. The zero-order valence-corrected chi connectivity index (χ0v) is 13.8. The van der Waals surface area contributed by atoms with Gasteiger partial charge in [0.25, 0.3) is 0 Å². The second-order valence-corrected chi connectivity index (χ2v) is 8.36. The van der Waals surface area contributed by atoms with E-state index in [1.165, 1.54) is 0 Å². The minimum atomic E-state index is -0.785. The van der Waals surface area contributed by atoms with E-state index >= 15 is 0 Å². The monoisotopic (exact) mass is 310 g/mol. The van der Waals surface area contributed by atoms with Crippen LogP contribution in [0.2, 0.25) is 0 Å². The molecule has 0 aromatic carbocycles. The van der Waals surface area contributed by atoms with Gasteiger partial charge in [-0.3, -0.25) is 4.79 Å². The van der Waals surface area contributed by atoms with Crippen molar-refractivity contribution in [2.75, 3.05) is 0 Å². The topological polar surface area (TPSA) is 65.0 Å². The van der Waals surface area contributed by atoms with Crippen LogP contribution < -0.4 is 0 Å². The highest BCUT2D eigenvalue weighted by Crippen LogP contribution is 2.64. The van der Waals surface area contributed by atoms with Gasteiger partial charge in [0.15, 0.2) is 12.1 Å². The SMILES string of the molecule is C[C@@H]1CC(=O)[C@H]2C[C@@H]3OC(C)(C)O[C@@H]3C[C@@]23OC(O)C[C@@]13C. The Balaban J connectivity index is 1.76. The Labute approximate surface area is 131 Å². The smallest absolute Gasteiger partial charge is 0.163 e. The van der Waals surface area contributed by atoms with E-state index in [1.807, 2.05) is 13.8 Å². The van der Waals surface area contributed by atoms with Gasteiger partial charge in [-0.1, -0.05) is 13.8 Å². The van der Waals surface area contributed by atoms with E-state index in [9.17, 15) is 9.90 Å². The highest BCUT2D eigenvalue weighted by atomic mass is 16.8. The minimum Gasteiger partial charge on any atom is -0.368 e. The first-order chi connectivity index (χ1) is 10.2. The molecule has 1 spiro atoms. The maximum absolute atomic E-state index is 12.7. The van der Waals surface area contributed by atoms with Crippen LogP contribution in [-0.4, -0.2) is 40.8 Å². The van der Waals surface area contributed by atoms with Crippen LogP contribution in [0.5, 0.6) is 0 Å². The molecule has 5 nitrogen and oxygen atoms in total. The van der Waals surface area contributed by atoms with Crippen LogP contribution in [0.1, 0.15) is 53.4 Å². The minimum absolute atomic E-state index is 0.0476. The summed E-state index contributed by atoms with van der Waals surface area (Å²) in [5.74, 6) is -0.336. The van der Waals surface area contributed by atoms with Gasteiger partial charge in [-0.15, -0.1) is 0 Å². The zero-order valence-electron chi connectivity index (χ0n) is 13.8. The van der Waals surface area contributed by atoms with Crippen molar-refractivity contribution in [2.24, 2.45) is 17.3 Å². The van der Waals surface area contributed by atoms with Crippen molar-refractivity contribution in [3.63, 3.8) is 0 Å². The predicted octanol–water partition coefficient (Wildman–Crippen LogP) is 2.01. The number of carbonyl (C=O) groups excluding carboxylic acids is 1. The van der Waals surface area contributed by atoms with Crippen LogP contribution in [0.3, 0.4) is 0 Å². The summed E-state index contributed by atoms with van der Waals surface area (Å²) in [7, 11) is 0. The Morgan fingerprint density at radius 1 is 1.09 bits per heavy atom. The molecular weight excluding hydrogens is 284 g/mol. The molecule has 4 aliphatic rings. The Morgan fingerprint density at radius 3 is 2.50 bits per heavy atom. The average Bonchev–Trinajstić information content (AvgIpc) is 2.81. The van der Waals surface area contributed by atoms with Gasteiger partial charge in [-0.2, -0.15) is 0 Å². The van der Waals surface area contributed by atoms with Gasteiger partial charge in [0, 0.05) is 24.7 Å². The van der Waals surface area contributed by atoms with E-state index in [0.29, 0.717) is 25.7 Å². The number of Topliss-reactive ketones (excluding diaryl/α,β-unsaturated/α-hetero) is 1. The van der Waals surface area contributed by atoms with Gasteiger partial charge < -0.3 is 19.3 Å². The summed E-state index contributed by atoms with van der Waals surface area (Å²) in [5, 5.41) is 10.2. The van der Waals surface area contributed by atoms with Gasteiger partial charge >= 0.3 is 0 Å². The third-order valence-corrected chi connectivity index (χ3v) is 6.72. The lowest BCUT2D eigenvalue weighted by molar-refractivity contribution is -0.223. The predicted molar refractivity (Wildman–Crippen MR) is 77.9 cm³/mol. The van der Waals surface area contributed by atoms with Crippen molar-refractivity contribution in [2.45, 2.75) is 83.3 Å². The van der Waals surface area contributed by atoms with E-state index in [-0.39, 0.29) is 35.2 Å². The van der Waals surface area contributed by atoms with E-state index in [0.717, 1.165) is 0 Å². The van der Waals surface area contributed by atoms with E-state index in [1.54, 1.807) is 0 Å². The molecule has 4 rings (SSSR count). The maximum Gasteiger partial charge on any atom is 0.163 e. The second-order valence-electron chi connectivity index (χ2n) is 8.36. The molecule has 22 heavy (non-hydrogen) atoms. The number of aliphatic hydroxyl groups is 1. The van der Waals surface area contributed by atoms with Crippen molar-refractivity contribution in [3.8, 4) is 0 Å². The number of hydrogen-bond acceptors (Lipinski definition) is 5. The molecule has 0 amide bonds. The fourth-order valence-corrected chi connectivity index (χ4v) is 5.54. The van der Waals surface area contributed by atoms with Crippen molar-refractivity contribution >= 4 is 5.78 Å². The van der Waals surface area contributed by atoms with Crippen molar-refractivity contribution in [3.05, 3.63) is 0 Å². The standard InChI is InChI=1S/C17H26O5/c1-9-5-11(18)10-6-12-13(21-15(2,3)20-12)7-17(10)16(9,4)8-14(19)22-17/h9-10,12-14,19H,5-8H2,1-4H3/t9-,10-,12+,13-,14?,16+,17-/m1/s1. The van der Waals surface area contributed by atoms with Crippen LogP contribution in [-0.2, 0) is 19.0 Å². The summed E-state index contributed by atoms with van der Waals surface area (Å²) in [5.41, 5.74) is -0.793. The van der Waals surface area contributed by atoms with Crippen LogP contribution in [0.25, 0.3) is 0 Å². The zero-order chi connectivity index (χ0) is 15.9. The summed E-state index contributed by atoms with van der Waals surface area (Å²) in [6, 6.07) is 0. The molecule has 2 heterocycles. The molecule has 1 unspecified atom stereocenters. The summed E-state index contributed by atoms with van der Waals surface area (Å²) in [6.45, 7) is 8.12. The number of rotatable bonds is 0. The van der Waals surface area contributed by atoms with Gasteiger partial charge in [0.1, 0.15) is 5.78 Å². The lowest BCUT2D eigenvalue weighted by Crippen LogP contribution is -2.64. The highest BCUT2D eigenvalue weighted by molar-refractivity contribution is 5.84. The Hall–Kier alpha value is -0.490. The lowest BCUT2D eigenvalue weighted by atomic mass is 9.50. The number of ether oxygens (including phenoxy) is 3. The number of aliphatic hydroxyl groups excluding tert-OH is 1. The molecule has 124 valence electrons. The Kier molecular flexibility index (Phi) is 2.96. The van der Waals surface area contributed by atoms with Crippen LogP contribution >= 0.6 is 0 Å². The average molecular weight is 310 g/mol. The van der Waals surface area contributed by atoms with Crippen LogP contribution in [0.4, 0.5) is 0 Å². The first kappa shape index (κ1) is 15.1. The number of carbonyl (C=O) groups is 1. The molecule has 0 aromatic heterocycles. The molecule has 0 bridgehead atoms. The molecule has 2 saturated heterocycles. The molecule has 0 aromatic rings. The van der Waals surface area contributed by atoms with E-state index < -0.39 is 17.7 Å². The fraction of sp³-hybridized carbons (Fsp3) is 0.941. The highest BCUT2D eigenvalue weighted by Gasteiger charge is 2.70. The lowest BCUT2D eigenvalue weighted by Gasteiger charge is -2.56. The van der Waals surface area contributed by atoms with Gasteiger partial charge in [-0.05, 0) is 26.2 Å². The molecule has 2 aliphatic carbocycles. The molecule has 4 fully saturated rings.